The van der Waals surface area contributed by atoms with Gasteiger partial charge in [-0.1, -0.05) is 36.0 Å². The van der Waals surface area contributed by atoms with Gasteiger partial charge in [0.25, 0.3) is 5.69 Å². The Labute approximate surface area is 158 Å². The predicted molar refractivity (Wildman–Crippen MR) is 101 cm³/mol. The van der Waals surface area contributed by atoms with Gasteiger partial charge in [-0.15, -0.1) is 5.10 Å². The normalized spacial score (nSPS) is 23.6. The third-order valence-electron chi connectivity index (χ3n) is 4.08. The average Bonchev–Trinajstić information content (AvgIpc) is 3.24. The maximum Gasteiger partial charge on any atom is 0.305 e. The standard InChI is InChI=1S/C17H16N4O5S/c22-15(23)9-14-16(24)20(12-5-1-2-6-12)17(27-14)19-18-10-11-4-3-7-13(8-11)21(25)26/h1,3-5,7-8,10,12,14H,2,6,9H2,(H,22,23)/b18-10-,19-17+/t12-,14+/m0/s1. The van der Waals surface area contributed by atoms with Crippen LogP contribution in [0.1, 0.15) is 24.8 Å². The summed E-state index contributed by atoms with van der Waals surface area (Å²) in [5.74, 6) is -1.34. The molecule has 1 aromatic carbocycles. The summed E-state index contributed by atoms with van der Waals surface area (Å²) < 4.78 is 0. The maximum absolute atomic E-state index is 12.6. The Kier molecular flexibility index (Phi) is 5.65. The van der Waals surface area contributed by atoms with E-state index in [0.717, 1.165) is 24.6 Å². The lowest BCUT2D eigenvalue weighted by Gasteiger charge is -2.21. The van der Waals surface area contributed by atoms with Gasteiger partial charge in [0.15, 0.2) is 5.17 Å². The molecule has 0 bridgehead atoms. The number of benzene rings is 1. The highest BCUT2D eigenvalue weighted by atomic mass is 32.2. The third-order valence-corrected chi connectivity index (χ3v) is 5.22. The molecule has 1 aliphatic heterocycles. The number of aliphatic carboxylic acids is 1. The zero-order valence-electron chi connectivity index (χ0n) is 14.1. The summed E-state index contributed by atoms with van der Waals surface area (Å²) >= 11 is 1.07. The van der Waals surface area contributed by atoms with Crippen molar-refractivity contribution in [3.05, 3.63) is 52.1 Å². The Balaban J connectivity index is 1.82. The number of carboxylic acid groups (broad SMARTS) is 1. The van der Waals surface area contributed by atoms with E-state index in [1.807, 2.05) is 12.2 Å². The summed E-state index contributed by atoms with van der Waals surface area (Å²) in [4.78, 5) is 35.4. The molecular formula is C17H16N4O5S. The van der Waals surface area contributed by atoms with E-state index in [9.17, 15) is 19.7 Å². The lowest BCUT2D eigenvalue weighted by atomic mass is 10.2. The van der Waals surface area contributed by atoms with Crippen molar-refractivity contribution in [2.75, 3.05) is 0 Å². The molecule has 0 radical (unpaired) electrons. The highest BCUT2D eigenvalue weighted by Crippen LogP contribution is 2.34. The third kappa shape index (κ3) is 4.40. The smallest absolute Gasteiger partial charge is 0.305 e. The van der Waals surface area contributed by atoms with Crippen LogP contribution >= 0.6 is 11.8 Å². The minimum atomic E-state index is -1.05. The minimum absolute atomic E-state index is 0.0590. The van der Waals surface area contributed by atoms with Gasteiger partial charge in [0.05, 0.1) is 23.6 Å². The minimum Gasteiger partial charge on any atom is -0.481 e. The fourth-order valence-electron chi connectivity index (χ4n) is 2.84. The number of nitro groups is 1. The van der Waals surface area contributed by atoms with Crippen LogP contribution < -0.4 is 0 Å². The molecule has 1 amide bonds. The zero-order chi connectivity index (χ0) is 19.4. The fourth-order valence-corrected chi connectivity index (χ4v) is 3.97. The summed E-state index contributed by atoms with van der Waals surface area (Å²) in [5.41, 5.74) is 0.438. The Bertz CT molecular complexity index is 867. The highest BCUT2D eigenvalue weighted by Gasteiger charge is 2.42. The van der Waals surface area contributed by atoms with E-state index in [1.165, 1.54) is 23.2 Å². The number of non-ortho nitro benzene ring substituents is 1. The summed E-state index contributed by atoms with van der Waals surface area (Å²) in [7, 11) is 0. The quantitative estimate of drug-likeness (QED) is 0.345. The number of thioether (sulfide) groups is 1. The lowest BCUT2D eigenvalue weighted by Crippen LogP contribution is -2.39. The average molecular weight is 388 g/mol. The number of rotatable bonds is 6. The number of nitro benzene ring substituents is 1. The van der Waals surface area contributed by atoms with Gasteiger partial charge in [-0.25, -0.2) is 0 Å². The maximum atomic E-state index is 12.6. The van der Waals surface area contributed by atoms with Crippen LogP contribution in [0, 0.1) is 10.1 Å². The second-order valence-electron chi connectivity index (χ2n) is 5.96. The van der Waals surface area contributed by atoms with Crippen molar-refractivity contribution in [3.8, 4) is 0 Å². The number of allylic oxidation sites excluding steroid dienone is 1. The van der Waals surface area contributed by atoms with Crippen LogP contribution in [0.5, 0.6) is 0 Å². The lowest BCUT2D eigenvalue weighted by molar-refractivity contribution is -0.384. The number of hydrogen-bond donors (Lipinski definition) is 1. The largest absolute Gasteiger partial charge is 0.481 e. The van der Waals surface area contributed by atoms with Crippen molar-refractivity contribution < 1.29 is 19.6 Å². The van der Waals surface area contributed by atoms with Gasteiger partial charge in [-0.05, 0) is 12.8 Å². The first kappa shape index (κ1) is 18.8. The van der Waals surface area contributed by atoms with Gasteiger partial charge >= 0.3 is 5.97 Å². The van der Waals surface area contributed by atoms with Crippen molar-refractivity contribution in [1.82, 2.24) is 4.90 Å². The second-order valence-corrected chi connectivity index (χ2v) is 7.13. The van der Waals surface area contributed by atoms with Crippen LogP contribution in [0.2, 0.25) is 0 Å². The molecule has 2 atom stereocenters. The molecule has 1 aliphatic carbocycles. The first-order chi connectivity index (χ1) is 13.0. The Morgan fingerprint density at radius 1 is 1.48 bits per heavy atom. The Morgan fingerprint density at radius 2 is 2.30 bits per heavy atom. The molecule has 3 rings (SSSR count). The summed E-state index contributed by atoms with van der Waals surface area (Å²) in [6, 6.07) is 5.77. The van der Waals surface area contributed by atoms with Gasteiger partial charge in [0.2, 0.25) is 5.91 Å². The predicted octanol–water partition coefficient (Wildman–Crippen LogP) is 2.42. The van der Waals surface area contributed by atoms with Crippen molar-refractivity contribution >= 4 is 40.7 Å². The molecule has 0 aromatic heterocycles. The molecule has 10 heteroatoms. The van der Waals surface area contributed by atoms with E-state index in [0.29, 0.717) is 10.7 Å². The van der Waals surface area contributed by atoms with E-state index >= 15 is 0 Å². The van der Waals surface area contributed by atoms with Crippen LogP contribution in [0.15, 0.2) is 46.6 Å². The summed E-state index contributed by atoms with van der Waals surface area (Å²) in [6.07, 6.45) is 6.54. The molecule has 0 unspecified atom stereocenters. The van der Waals surface area contributed by atoms with Crippen molar-refractivity contribution in [3.63, 3.8) is 0 Å². The van der Waals surface area contributed by atoms with E-state index in [1.54, 1.807) is 12.1 Å². The first-order valence-electron chi connectivity index (χ1n) is 8.19. The second kappa shape index (κ2) is 8.12. The van der Waals surface area contributed by atoms with E-state index in [-0.39, 0.29) is 24.1 Å². The number of amides is 1. The highest BCUT2D eigenvalue weighted by molar-refractivity contribution is 8.15. The van der Waals surface area contributed by atoms with Crippen LogP contribution in [-0.4, -0.2) is 49.5 Å². The Morgan fingerprint density at radius 3 is 2.96 bits per heavy atom. The van der Waals surface area contributed by atoms with Crippen LogP contribution in [0.25, 0.3) is 0 Å². The molecule has 0 spiro atoms. The van der Waals surface area contributed by atoms with Gasteiger partial charge < -0.3 is 5.11 Å². The summed E-state index contributed by atoms with van der Waals surface area (Å²) in [5, 5.41) is 27.5. The molecule has 27 heavy (non-hydrogen) atoms. The molecule has 1 heterocycles. The van der Waals surface area contributed by atoms with Gasteiger partial charge in [0, 0.05) is 17.7 Å². The molecule has 2 aliphatic rings. The molecule has 1 saturated heterocycles. The number of nitrogens with zero attached hydrogens (tertiary/aromatic N) is 4. The van der Waals surface area contributed by atoms with Crippen LogP contribution in [0.4, 0.5) is 5.69 Å². The topological polar surface area (TPSA) is 125 Å². The zero-order valence-corrected chi connectivity index (χ0v) is 14.9. The molecule has 140 valence electrons. The van der Waals surface area contributed by atoms with E-state index in [2.05, 4.69) is 10.2 Å². The van der Waals surface area contributed by atoms with Gasteiger partial charge in [-0.2, -0.15) is 5.10 Å². The van der Waals surface area contributed by atoms with Crippen molar-refractivity contribution in [1.29, 1.82) is 0 Å². The molecule has 1 fully saturated rings. The van der Waals surface area contributed by atoms with Crippen LogP contribution in [0.3, 0.4) is 0 Å². The molecule has 1 N–H and O–H groups in total. The number of carboxylic acids is 1. The number of carbonyl (C=O) groups is 2. The number of carbonyl (C=O) groups excluding carboxylic acids is 1. The molecule has 0 saturated carbocycles. The molecular weight excluding hydrogens is 372 g/mol. The summed E-state index contributed by atoms with van der Waals surface area (Å²) in [6.45, 7) is 0. The number of amidine groups is 1. The van der Waals surface area contributed by atoms with E-state index in [4.69, 9.17) is 5.11 Å². The van der Waals surface area contributed by atoms with E-state index < -0.39 is 16.1 Å². The van der Waals surface area contributed by atoms with Crippen molar-refractivity contribution in [2.45, 2.75) is 30.6 Å². The Hall–Kier alpha value is -3.01. The van der Waals surface area contributed by atoms with Gasteiger partial charge in [0.1, 0.15) is 5.25 Å². The molecule has 1 aromatic rings. The SMILES string of the molecule is O=C(O)C[C@H]1S/C(=N/N=C\c2cccc([N+](=O)[O-])c2)N([C@H]2C=CCC2)C1=O. The van der Waals surface area contributed by atoms with Gasteiger partial charge in [-0.3, -0.25) is 24.6 Å². The van der Waals surface area contributed by atoms with Crippen molar-refractivity contribution in [2.24, 2.45) is 10.2 Å². The molecule has 9 nitrogen and oxygen atoms in total. The van der Waals surface area contributed by atoms with Crippen LogP contribution in [-0.2, 0) is 9.59 Å². The first-order valence-corrected chi connectivity index (χ1v) is 9.07. The fraction of sp³-hybridized carbons (Fsp3) is 0.294. The monoisotopic (exact) mass is 388 g/mol. The number of hydrogen-bond acceptors (Lipinski definition) is 7.